The summed E-state index contributed by atoms with van der Waals surface area (Å²) < 4.78 is 23.4. The Morgan fingerprint density at radius 2 is 2.00 bits per heavy atom. The van der Waals surface area contributed by atoms with Crippen molar-refractivity contribution < 1.29 is 23.5 Å². The van der Waals surface area contributed by atoms with Crippen LogP contribution in [0, 0.1) is 5.92 Å². The van der Waals surface area contributed by atoms with Gasteiger partial charge in [0.2, 0.25) is 0 Å². The molecule has 0 aliphatic heterocycles. The molecule has 1 unspecified atom stereocenters. The molecule has 0 aromatic rings. The number of carbonyl (C=O) groups is 2. The van der Waals surface area contributed by atoms with E-state index in [1.807, 2.05) is 5.32 Å². The van der Waals surface area contributed by atoms with Gasteiger partial charge in [0, 0.05) is 13.0 Å². The maximum absolute atomic E-state index is 11.7. The van der Waals surface area contributed by atoms with E-state index in [-0.39, 0.29) is 18.9 Å². The first-order valence-corrected chi connectivity index (χ1v) is 4.21. The number of aliphatic carboxylic acids is 1. The summed E-state index contributed by atoms with van der Waals surface area (Å²) in [4.78, 5) is 20.6. The molecule has 0 saturated heterocycles. The van der Waals surface area contributed by atoms with Crippen LogP contribution in [0.2, 0.25) is 0 Å². The zero-order valence-corrected chi connectivity index (χ0v) is 7.80. The number of hydrogen-bond acceptors (Lipinski definition) is 2. The van der Waals surface area contributed by atoms with Gasteiger partial charge in [-0.05, 0) is 12.3 Å². The van der Waals surface area contributed by atoms with Crippen molar-refractivity contribution in [2.24, 2.45) is 5.92 Å². The van der Waals surface area contributed by atoms with Crippen LogP contribution in [-0.2, 0) is 9.59 Å². The van der Waals surface area contributed by atoms with Crippen LogP contribution in [0.15, 0.2) is 0 Å². The molecule has 2 N–H and O–H groups in total. The molecule has 14 heavy (non-hydrogen) atoms. The largest absolute Gasteiger partial charge is 0.481 e. The van der Waals surface area contributed by atoms with Crippen molar-refractivity contribution in [2.75, 3.05) is 6.54 Å². The van der Waals surface area contributed by atoms with E-state index < -0.39 is 18.3 Å². The third kappa shape index (κ3) is 6.33. The molecule has 4 nitrogen and oxygen atoms in total. The number of hydrogen-bond donors (Lipinski definition) is 2. The highest BCUT2D eigenvalue weighted by molar-refractivity contribution is 5.79. The first-order valence-electron chi connectivity index (χ1n) is 4.21. The molecule has 0 rings (SSSR count). The summed E-state index contributed by atoms with van der Waals surface area (Å²) in [5.74, 6) is -2.36. The monoisotopic (exact) mass is 209 g/mol. The van der Waals surface area contributed by atoms with E-state index in [0.29, 0.717) is 6.42 Å². The van der Waals surface area contributed by atoms with Gasteiger partial charge in [-0.2, -0.15) is 8.78 Å². The van der Waals surface area contributed by atoms with Gasteiger partial charge in [-0.15, -0.1) is 0 Å². The molecule has 1 atom stereocenters. The minimum absolute atomic E-state index is 0.0221. The van der Waals surface area contributed by atoms with Gasteiger partial charge in [-0.3, -0.25) is 9.59 Å². The number of alkyl halides is 2. The van der Waals surface area contributed by atoms with Crippen LogP contribution in [0.4, 0.5) is 8.78 Å². The molecule has 82 valence electrons. The van der Waals surface area contributed by atoms with E-state index in [2.05, 4.69) is 0 Å². The second-order valence-electron chi connectivity index (χ2n) is 3.08. The molecule has 0 aliphatic carbocycles. The topological polar surface area (TPSA) is 66.4 Å². The van der Waals surface area contributed by atoms with Gasteiger partial charge in [0.1, 0.15) is 0 Å². The zero-order chi connectivity index (χ0) is 11.1. The van der Waals surface area contributed by atoms with Gasteiger partial charge >= 0.3 is 12.4 Å². The lowest BCUT2D eigenvalue weighted by atomic mass is 10.1. The Balaban J connectivity index is 3.58. The van der Waals surface area contributed by atoms with E-state index in [0.717, 1.165) is 0 Å². The number of carboxylic acid groups (broad SMARTS) is 1. The Hall–Kier alpha value is -1.20. The number of carbonyl (C=O) groups excluding carboxylic acids is 1. The minimum atomic E-state index is -3.01. The van der Waals surface area contributed by atoms with Crippen LogP contribution in [-0.4, -0.2) is 30.0 Å². The fourth-order valence-corrected chi connectivity index (χ4v) is 0.824. The third-order valence-corrected chi connectivity index (χ3v) is 1.67. The fraction of sp³-hybridized carbons (Fsp3) is 0.750. The summed E-state index contributed by atoms with van der Waals surface area (Å²) in [5, 5.41) is 10.3. The van der Waals surface area contributed by atoms with E-state index in [1.165, 1.54) is 0 Å². The summed E-state index contributed by atoms with van der Waals surface area (Å²) >= 11 is 0. The highest BCUT2D eigenvalue weighted by atomic mass is 19.3. The molecule has 0 aliphatic rings. The second kappa shape index (κ2) is 6.28. The van der Waals surface area contributed by atoms with E-state index in [1.54, 1.807) is 6.92 Å². The lowest BCUT2D eigenvalue weighted by Crippen LogP contribution is -2.33. The first-order chi connectivity index (χ1) is 6.43. The van der Waals surface area contributed by atoms with Crippen molar-refractivity contribution in [1.82, 2.24) is 5.32 Å². The Morgan fingerprint density at radius 1 is 1.43 bits per heavy atom. The predicted molar refractivity (Wildman–Crippen MR) is 45.0 cm³/mol. The predicted octanol–water partition coefficient (Wildman–Crippen LogP) is 0.869. The molecule has 0 aromatic carbocycles. The Bertz CT molecular complexity index is 209. The molecule has 0 radical (unpaired) electrons. The lowest BCUT2D eigenvalue weighted by molar-refractivity contribution is -0.137. The van der Waals surface area contributed by atoms with Crippen molar-refractivity contribution in [3.05, 3.63) is 0 Å². The fourth-order valence-electron chi connectivity index (χ4n) is 0.824. The molecule has 0 spiro atoms. The standard InChI is InChI=1S/C8H13F2NO3/c1-5(2-3-6(12)13)4-11-8(14)7(9)10/h5,7H,2-4H2,1H3,(H,11,14)(H,12,13). The van der Waals surface area contributed by atoms with Crippen LogP contribution in [0.1, 0.15) is 19.8 Å². The number of nitrogens with one attached hydrogen (secondary N) is 1. The van der Waals surface area contributed by atoms with Gasteiger partial charge in [-0.25, -0.2) is 0 Å². The van der Waals surface area contributed by atoms with Gasteiger partial charge in [-0.1, -0.05) is 6.92 Å². The van der Waals surface area contributed by atoms with Crippen LogP contribution in [0.25, 0.3) is 0 Å². The molecule has 0 fully saturated rings. The van der Waals surface area contributed by atoms with E-state index in [4.69, 9.17) is 5.11 Å². The lowest BCUT2D eigenvalue weighted by Gasteiger charge is -2.10. The number of carboxylic acids is 1. The van der Waals surface area contributed by atoms with Crippen molar-refractivity contribution in [3.63, 3.8) is 0 Å². The summed E-state index contributed by atoms with van der Waals surface area (Å²) in [7, 11) is 0. The highest BCUT2D eigenvalue weighted by Gasteiger charge is 2.15. The molecular formula is C8H13F2NO3. The van der Waals surface area contributed by atoms with Crippen molar-refractivity contribution in [3.8, 4) is 0 Å². The van der Waals surface area contributed by atoms with Crippen LogP contribution < -0.4 is 5.32 Å². The molecular weight excluding hydrogens is 196 g/mol. The quantitative estimate of drug-likeness (QED) is 0.682. The van der Waals surface area contributed by atoms with E-state index in [9.17, 15) is 18.4 Å². The van der Waals surface area contributed by atoms with Gasteiger partial charge < -0.3 is 10.4 Å². The molecule has 0 saturated carbocycles. The normalized spacial score (nSPS) is 12.6. The van der Waals surface area contributed by atoms with Crippen molar-refractivity contribution in [2.45, 2.75) is 26.2 Å². The smallest absolute Gasteiger partial charge is 0.315 e. The molecule has 1 amide bonds. The average Bonchev–Trinajstić information content (AvgIpc) is 2.10. The average molecular weight is 209 g/mol. The molecule has 0 heterocycles. The van der Waals surface area contributed by atoms with Gasteiger partial charge in [0.05, 0.1) is 0 Å². The summed E-state index contributed by atoms with van der Waals surface area (Å²) in [6.07, 6.45) is -2.67. The zero-order valence-electron chi connectivity index (χ0n) is 7.80. The number of rotatable bonds is 6. The van der Waals surface area contributed by atoms with Crippen LogP contribution in [0.3, 0.4) is 0 Å². The van der Waals surface area contributed by atoms with Crippen molar-refractivity contribution in [1.29, 1.82) is 0 Å². The second-order valence-corrected chi connectivity index (χ2v) is 3.08. The first kappa shape index (κ1) is 12.8. The summed E-state index contributed by atoms with van der Waals surface area (Å²) in [5.41, 5.74) is 0. The van der Waals surface area contributed by atoms with Crippen LogP contribution >= 0.6 is 0 Å². The Morgan fingerprint density at radius 3 is 2.43 bits per heavy atom. The van der Waals surface area contributed by atoms with Gasteiger partial charge in [0.25, 0.3) is 5.91 Å². The molecule has 6 heteroatoms. The minimum Gasteiger partial charge on any atom is -0.481 e. The Kier molecular flexibility index (Phi) is 5.74. The van der Waals surface area contributed by atoms with Crippen LogP contribution in [0.5, 0.6) is 0 Å². The SMILES string of the molecule is CC(CCC(=O)O)CNC(=O)C(F)F. The highest BCUT2D eigenvalue weighted by Crippen LogP contribution is 2.04. The maximum Gasteiger partial charge on any atom is 0.315 e. The molecule has 0 bridgehead atoms. The van der Waals surface area contributed by atoms with Gasteiger partial charge in [0.15, 0.2) is 0 Å². The summed E-state index contributed by atoms with van der Waals surface area (Å²) in [6, 6.07) is 0. The summed E-state index contributed by atoms with van der Waals surface area (Å²) in [6.45, 7) is 1.77. The van der Waals surface area contributed by atoms with Crippen molar-refractivity contribution >= 4 is 11.9 Å². The van der Waals surface area contributed by atoms with E-state index >= 15 is 0 Å². The third-order valence-electron chi connectivity index (χ3n) is 1.67. The number of halogens is 2. The molecule has 0 aromatic heterocycles. The number of amides is 1. The Labute approximate surface area is 80.3 Å². The maximum atomic E-state index is 11.7.